The minimum absolute atomic E-state index is 0.830. The smallest absolute Gasteiger partial charge is 0.325 e. The van der Waals surface area contributed by atoms with Gasteiger partial charge in [-0.3, -0.25) is 9.09 Å². The lowest BCUT2D eigenvalue weighted by molar-refractivity contribution is -0.217. The van der Waals surface area contributed by atoms with Crippen LogP contribution in [0.4, 0.5) is 0 Å². The van der Waals surface area contributed by atoms with Gasteiger partial charge in [-0.05, 0) is 0 Å². The summed E-state index contributed by atoms with van der Waals surface area (Å²) in [7, 11) is -4.01. The van der Waals surface area contributed by atoms with Crippen LogP contribution in [0.1, 0.15) is 0 Å². The molecule has 16 heavy (non-hydrogen) atoms. The summed E-state index contributed by atoms with van der Waals surface area (Å²) in [5.41, 5.74) is 0. The van der Waals surface area contributed by atoms with Gasteiger partial charge in [0.25, 0.3) is 0 Å². The van der Waals surface area contributed by atoms with E-state index >= 15 is 0 Å². The largest absolute Gasteiger partial charge is 0.387 e. The van der Waals surface area contributed by atoms with Gasteiger partial charge in [0.15, 0.2) is 0 Å². The Morgan fingerprint density at radius 1 is 0.875 bits per heavy atom. The maximum absolute atomic E-state index is 11.0. The van der Waals surface area contributed by atoms with E-state index in [1.54, 1.807) is 0 Å². The van der Waals surface area contributed by atoms with Crippen LogP contribution >= 0.6 is 7.60 Å². The number of aliphatic hydroxyl groups is 5. The quantitative estimate of drug-likeness (QED) is 0.287. The molecule has 5 atom stereocenters. The first-order valence-corrected chi connectivity index (χ1v) is 6.56. The maximum atomic E-state index is 11.0. The number of rotatable bonds is 2. The molecule has 0 aromatic heterocycles. The van der Waals surface area contributed by atoms with Gasteiger partial charge in [0, 0.05) is 6.66 Å². The van der Waals surface area contributed by atoms with E-state index in [2.05, 4.69) is 4.52 Å². The Balaban J connectivity index is 2.87. The van der Waals surface area contributed by atoms with Crippen molar-refractivity contribution in [2.75, 3.05) is 6.66 Å². The third-order valence-corrected chi connectivity index (χ3v) is 3.02. The van der Waals surface area contributed by atoms with Crippen molar-refractivity contribution in [3.05, 3.63) is 0 Å². The normalized spacial score (nSPS) is 48.7. The van der Waals surface area contributed by atoms with Gasteiger partial charge in [0.05, 0.1) is 0 Å². The third-order valence-electron chi connectivity index (χ3n) is 2.39. The van der Waals surface area contributed by atoms with Gasteiger partial charge < -0.3 is 30.4 Å². The van der Waals surface area contributed by atoms with Gasteiger partial charge in [-0.2, -0.15) is 0 Å². The van der Waals surface area contributed by atoms with Crippen LogP contribution < -0.4 is 0 Å². The summed E-state index contributed by atoms with van der Waals surface area (Å²) in [4.78, 5) is 8.93. The molecule has 9 heteroatoms. The summed E-state index contributed by atoms with van der Waals surface area (Å²) >= 11 is 0. The van der Waals surface area contributed by atoms with Crippen molar-refractivity contribution in [1.29, 1.82) is 0 Å². The highest BCUT2D eigenvalue weighted by Gasteiger charge is 2.50. The van der Waals surface area contributed by atoms with E-state index in [0.29, 0.717) is 0 Å². The molecule has 8 nitrogen and oxygen atoms in total. The molecule has 1 aliphatic carbocycles. The SMILES string of the molecule is CP(=O)(O)OC1C(O)C(O)C(O)C(O)C1O. The fourth-order valence-corrected chi connectivity index (χ4v) is 2.25. The highest BCUT2D eigenvalue weighted by molar-refractivity contribution is 7.51. The van der Waals surface area contributed by atoms with Gasteiger partial charge in [-0.15, -0.1) is 0 Å². The summed E-state index contributed by atoms with van der Waals surface area (Å²) < 4.78 is 15.4. The van der Waals surface area contributed by atoms with Crippen molar-refractivity contribution in [2.24, 2.45) is 0 Å². The number of aliphatic hydroxyl groups excluding tert-OH is 5. The second-order valence-corrected chi connectivity index (χ2v) is 5.64. The van der Waals surface area contributed by atoms with E-state index in [-0.39, 0.29) is 0 Å². The maximum Gasteiger partial charge on any atom is 0.325 e. The Morgan fingerprint density at radius 2 is 1.19 bits per heavy atom. The Morgan fingerprint density at radius 3 is 1.50 bits per heavy atom. The van der Waals surface area contributed by atoms with E-state index in [0.717, 1.165) is 6.66 Å². The zero-order valence-electron chi connectivity index (χ0n) is 8.41. The van der Waals surface area contributed by atoms with Crippen LogP contribution in [0, 0.1) is 0 Å². The van der Waals surface area contributed by atoms with Crippen LogP contribution in [0.15, 0.2) is 0 Å². The van der Waals surface area contributed by atoms with Crippen molar-refractivity contribution in [2.45, 2.75) is 36.6 Å². The van der Waals surface area contributed by atoms with E-state index < -0.39 is 44.2 Å². The van der Waals surface area contributed by atoms with Gasteiger partial charge >= 0.3 is 7.60 Å². The minimum Gasteiger partial charge on any atom is -0.387 e. The molecule has 96 valence electrons. The Labute approximate surface area is 91.3 Å². The molecule has 0 aromatic carbocycles. The van der Waals surface area contributed by atoms with Gasteiger partial charge in [-0.25, -0.2) is 0 Å². The summed E-state index contributed by atoms with van der Waals surface area (Å²) in [5, 5.41) is 46.6. The lowest BCUT2D eigenvalue weighted by Gasteiger charge is -2.41. The van der Waals surface area contributed by atoms with Crippen LogP contribution in [-0.4, -0.2) is 73.7 Å². The third kappa shape index (κ3) is 2.79. The summed E-state index contributed by atoms with van der Waals surface area (Å²) in [5.74, 6) is 0. The Bertz CT molecular complexity index is 274. The molecular formula is C7H15O8P. The predicted molar refractivity (Wildman–Crippen MR) is 50.7 cm³/mol. The standard InChI is InChI=1S/C7H15O8P/c1-16(13,14)15-7-5(11)3(9)2(8)4(10)6(7)12/h2-12H,1H3,(H,13,14). The molecule has 1 aliphatic rings. The van der Waals surface area contributed by atoms with Crippen LogP contribution in [0.5, 0.6) is 0 Å². The van der Waals surface area contributed by atoms with Crippen molar-refractivity contribution >= 4 is 7.60 Å². The predicted octanol–water partition coefficient (Wildman–Crippen LogP) is -3.00. The minimum atomic E-state index is -4.01. The number of hydrogen-bond donors (Lipinski definition) is 6. The zero-order valence-corrected chi connectivity index (χ0v) is 9.31. The highest BCUT2D eigenvalue weighted by atomic mass is 31.2. The molecule has 5 unspecified atom stereocenters. The van der Waals surface area contributed by atoms with Gasteiger partial charge in [0.1, 0.15) is 36.6 Å². The summed E-state index contributed by atoms with van der Waals surface area (Å²) in [6.45, 7) is 0.830. The molecule has 0 amide bonds. The van der Waals surface area contributed by atoms with Crippen LogP contribution in [0.25, 0.3) is 0 Å². The molecule has 6 N–H and O–H groups in total. The molecular weight excluding hydrogens is 243 g/mol. The second kappa shape index (κ2) is 4.67. The topological polar surface area (TPSA) is 148 Å². The zero-order chi connectivity index (χ0) is 12.7. The fourth-order valence-electron chi connectivity index (χ4n) is 1.55. The molecule has 0 bridgehead atoms. The van der Waals surface area contributed by atoms with E-state index in [1.165, 1.54) is 0 Å². The average Bonchev–Trinajstić information content (AvgIpc) is 2.17. The molecule has 0 aliphatic heterocycles. The lowest BCUT2D eigenvalue weighted by atomic mass is 9.85. The molecule has 0 radical (unpaired) electrons. The second-order valence-electron chi connectivity index (χ2n) is 3.83. The first-order valence-electron chi connectivity index (χ1n) is 4.54. The molecule has 0 saturated heterocycles. The van der Waals surface area contributed by atoms with Crippen molar-refractivity contribution in [3.8, 4) is 0 Å². The van der Waals surface area contributed by atoms with E-state index in [9.17, 15) is 30.1 Å². The monoisotopic (exact) mass is 258 g/mol. The molecule has 0 spiro atoms. The highest BCUT2D eigenvalue weighted by Crippen LogP contribution is 2.41. The van der Waals surface area contributed by atoms with Crippen molar-refractivity contribution < 1.29 is 39.5 Å². The first-order chi connectivity index (χ1) is 7.15. The molecule has 0 heterocycles. The van der Waals surface area contributed by atoms with Crippen LogP contribution in [0.2, 0.25) is 0 Å². The molecule has 1 rings (SSSR count). The lowest BCUT2D eigenvalue weighted by Crippen LogP contribution is -2.64. The van der Waals surface area contributed by atoms with Gasteiger partial charge in [0.2, 0.25) is 0 Å². The summed E-state index contributed by atoms with van der Waals surface area (Å²) in [6.07, 6.45) is -10.5. The number of hydrogen-bond acceptors (Lipinski definition) is 7. The van der Waals surface area contributed by atoms with E-state index in [4.69, 9.17) is 4.89 Å². The molecule has 0 aromatic rings. The van der Waals surface area contributed by atoms with Crippen molar-refractivity contribution in [1.82, 2.24) is 0 Å². The van der Waals surface area contributed by atoms with Crippen LogP contribution in [0.3, 0.4) is 0 Å². The first kappa shape index (κ1) is 14.0. The molecule has 1 fully saturated rings. The molecule has 1 saturated carbocycles. The Hall–Kier alpha value is -0.0500. The average molecular weight is 258 g/mol. The fraction of sp³-hybridized carbons (Fsp3) is 1.00. The summed E-state index contributed by atoms with van der Waals surface area (Å²) in [6, 6.07) is 0. The van der Waals surface area contributed by atoms with Crippen LogP contribution in [-0.2, 0) is 9.09 Å². The van der Waals surface area contributed by atoms with Gasteiger partial charge in [-0.1, -0.05) is 0 Å². The van der Waals surface area contributed by atoms with Crippen molar-refractivity contribution in [3.63, 3.8) is 0 Å². The Kier molecular flexibility index (Phi) is 4.09. The van der Waals surface area contributed by atoms with E-state index in [1.807, 2.05) is 0 Å².